The molecule has 0 spiro atoms. The number of fused-ring (bicyclic) bond motifs is 1. The van der Waals surface area contributed by atoms with Crippen LogP contribution in [0.1, 0.15) is 5.56 Å². The van der Waals surface area contributed by atoms with Gasteiger partial charge in [-0.05, 0) is 6.07 Å². The second-order valence-corrected chi connectivity index (χ2v) is 3.29. The summed E-state index contributed by atoms with van der Waals surface area (Å²) in [5.74, 6) is -0.0430. The molecule has 76 valence electrons. The van der Waals surface area contributed by atoms with Crippen molar-refractivity contribution in [3.63, 3.8) is 0 Å². The van der Waals surface area contributed by atoms with Crippen LogP contribution in [0.4, 0.5) is 5.69 Å². The van der Waals surface area contributed by atoms with Gasteiger partial charge < -0.3 is 4.90 Å². The van der Waals surface area contributed by atoms with Crippen LogP contribution in [0.25, 0.3) is 0 Å². The maximum atomic E-state index is 11.9. The van der Waals surface area contributed by atoms with Crippen molar-refractivity contribution in [3.05, 3.63) is 42.5 Å². The Morgan fingerprint density at radius 2 is 2.20 bits per heavy atom. The molecule has 3 nitrogen and oxygen atoms in total. The highest BCUT2D eigenvalue weighted by molar-refractivity contribution is 6.54. The van der Waals surface area contributed by atoms with E-state index in [0.717, 1.165) is 11.3 Å². The summed E-state index contributed by atoms with van der Waals surface area (Å²) < 4.78 is 0. The molecule has 0 saturated heterocycles. The van der Waals surface area contributed by atoms with Crippen LogP contribution in [0.5, 0.6) is 0 Å². The number of anilines is 1. The van der Waals surface area contributed by atoms with Gasteiger partial charge in [0.1, 0.15) is 5.71 Å². The summed E-state index contributed by atoms with van der Waals surface area (Å²) in [5.41, 5.74) is 2.36. The summed E-state index contributed by atoms with van der Waals surface area (Å²) in [4.78, 5) is 17.6. The van der Waals surface area contributed by atoms with E-state index in [0.29, 0.717) is 12.3 Å². The molecule has 1 aliphatic heterocycles. The molecule has 0 aliphatic carbocycles. The van der Waals surface area contributed by atoms with Crippen LogP contribution < -0.4 is 4.90 Å². The Labute approximate surface area is 88.7 Å². The van der Waals surface area contributed by atoms with E-state index in [1.807, 2.05) is 24.3 Å². The Morgan fingerprint density at radius 1 is 1.47 bits per heavy atom. The Bertz CT molecular complexity index is 449. The number of amides is 1. The maximum Gasteiger partial charge on any atom is 0.277 e. The highest BCUT2D eigenvalue weighted by Crippen LogP contribution is 2.28. The van der Waals surface area contributed by atoms with Crippen LogP contribution in [0.3, 0.4) is 0 Å². The number of carbonyl (C=O) groups excluding carboxylic acids is 1. The number of aliphatic imine (C=N–C) groups is 1. The summed E-state index contributed by atoms with van der Waals surface area (Å²) in [7, 11) is 1.64. The van der Waals surface area contributed by atoms with Gasteiger partial charge in [-0.2, -0.15) is 0 Å². The molecule has 0 N–H and O–H groups in total. The molecule has 1 aromatic carbocycles. The first-order chi connectivity index (χ1) is 7.29. The Kier molecular flexibility index (Phi) is 2.37. The van der Waals surface area contributed by atoms with Gasteiger partial charge in [0.25, 0.3) is 5.91 Å². The standard InChI is InChI=1S/C12H12N2O/c1-3-8-14-10-7-5-4-6-9(10)11(13-2)12(14)15/h3-7H,1,8H2,2H3. The first-order valence-corrected chi connectivity index (χ1v) is 4.78. The predicted molar refractivity (Wildman–Crippen MR) is 61.5 cm³/mol. The SMILES string of the molecule is C=CCN1C(=O)C(=NC)c2ccccc21. The molecule has 1 aromatic rings. The molecule has 0 saturated carbocycles. The molecule has 0 radical (unpaired) electrons. The zero-order chi connectivity index (χ0) is 10.8. The van der Waals surface area contributed by atoms with Crippen LogP contribution >= 0.6 is 0 Å². The molecule has 1 aliphatic rings. The van der Waals surface area contributed by atoms with E-state index < -0.39 is 0 Å². The molecule has 3 heteroatoms. The topological polar surface area (TPSA) is 32.7 Å². The molecule has 0 atom stereocenters. The smallest absolute Gasteiger partial charge is 0.277 e. The van der Waals surface area contributed by atoms with E-state index >= 15 is 0 Å². The number of nitrogens with zero attached hydrogens (tertiary/aromatic N) is 2. The molecule has 1 heterocycles. The number of benzene rings is 1. The van der Waals surface area contributed by atoms with Crippen LogP contribution in [-0.4, -0.2) is 25.2 Å². The van der Waals surface area contributed by atoms with Crippen LogP contribution in [0.15, 0.2) is 41.9 Å². The van der Waals surface area contributed by atoms with Gasteiger partial charge in [0.05, 0.1) is 5.69 Å². The van der Waals surface area contributed by atoms with Gasteiger partial charge in [0.2, 0.25) is 0 Å². The average Bonchev–Trinajstić information content (AvgIpc) is 2.53. The minimum atomic E-state index is -0.0430. The van der Waals surface area contributed by atoms with Gasteiger partial charge in [0.15, 0.2) is 0 Å². The molecular weight excluding hydrogens is 188 g/mol. The summed E-state index contributed by atoms with van der Waals surface area (Å²) in [6.07, 6.45) is 1.72. The lowest BCUT2D eigenvalue weighted by Crippen LogP contribution is -2.30. The summed E-state index contributed by atoms with van der Waals surface area (Å²) in [6, 6.07) is 7.67. The fourth-order valence-corrected chi connectivity index (χ4v) is 1.79. The van der Waals surface area contributed by atoms with Crippen molar-refractivity contribution in [1.82, 2.24) is 0 Å². The summed E-state index contributed by atoms with van der Waals surface area (Å²) in [6.45, 7) is 4.17. The highest BCUT2D eigenvalue weighted by Gasteiger charge is 2.31. The average molecular weight is 200 g/mol. The zero-order valence-corrected chi connectivity index (χ0v) is 8.60. The lowest BCUT2D eigenvalue weighted by atomic mass is 10.1. The normalized spacial score (nSPS) is 17.0. The summed E-state index contributed by atoms with van der Waals surface area (Å²) >= 11 is 0. The Morgan fingerprint density at radius 3 is 2.87 bits per heavy atom. The van der Waals surface area contributed by atoms with E-state index in [1.54, 1.807) is 18.0 Å². The van der Waals surface area contributed by atoms with Gasteiger partial charge in [0, 0.05) is 19.2 Å². The molecule has 0 bridgehead atoms. The molecule has 0 unspecified atom stereocenters. The van der Waals surface area contributed by atoms with Crippen LogP contribution in [0, 0.1) is 0 Å². The second kappa shape index (κ2) is 3.69. The van der Waals surface area contributed by atoms with E-state index in [9.17, 15) is 4.79 Å². The third-order valence-corrected chi connectivity index (χ3v) is 2.43. The molecule has 1 amide bonds. The van der Waals surface area contributed by atoms with E-state index in [4.69, 9.17) is 0 Å². The van der Waals surface area contributed by atoms with E-state index in [2.05, 4.69) is 11.6 Å². The van der Waals surface area contributed by atoms with Crippen molar-refractivity contribution in [2.75, 3.05) is 18.5 Å². The molecular formula is C12H12N2O. The van der Waals surface area contributed by atoms with Crippen molar-refractivity contribution in [2.24, 2.45) is 4.99 Å². The lowest BCUT2D eigenvalue weighted by Gasteiger charge is -2.13. The number of carbonyl (C=O) groups is 1. The van der Waals surface area contributed by atoms with Gasteiger partial charge in [-0.1, -0.05) is 24.3 Å². The molecule has 15 heavy (non-hydrogen) atoms. The summed E-state index contributed by atoms with van der Waals surface area (Å²) in [5, 5.41) is 0. The predicted octanol–water partition coefficient (Wildman–Crippen LogP) is 1.64. The largest absolute Gasteiger partial charge is 0.303 e. The number of rotatable bonds is 2. The zero-order valence-electron chi connectivity index (χ0n) is 8.60. The molecule has 2 rings (SSSR count). The Balaban J connectivity index is 2.56. The molecule has 0 aromatic heterocycles. The molecule has 0 fully saturated rings. The fraction of sp³-hybridized carbons (Fsp3) is 0.167. The van der Waals surface area contributed by atoms with Gasteiger partial charge in [-0.25, -0.2) is 0 Å². The van der Waals surface area contributed by atoms with Crippen LogP contribution in [0.2, 0.25) is 0 Å². The highest BCUT2D eigenvalue weighted by atomic mass is 16.2. The van der Waals surface area contributed by atoms with Crippen molar-refractivity contribution in [1.29, 1.82) is 0 Å². The van der Waals surface area contributed by atoms with Crippen molar-refractivity contribution >= 4 is 17.3 Å². The van der Waals surface area contributed by atoms with Gasteiger partial charge in [-0.15, -0.1) is 6.58 Å². The lowest BCUT2D eigenvalue weighted by molar-refractivity contribution is -0.112. The second-order valence-electron chi connectivity index (χ2n) is 3.29. The van der Waals surface area contributed by atoms with Crippen LogP contribution in [-0.2, 0) is 4.79 Å². The van der Waals surface area contributed by atoms with E-state index in [-0.39, 0.29) is 5.91 Å². The third kappa shape index (κ3) is 1.36. The van der Waals surface area contributed by atoms with E-state index in [1.165, 1.54) is 0 Å². The van der Waals surface area contributed by atoms with Gasteiger partial charge in [-0.3, -0.25) is 9.79 Å². The monoisotopic (exact) mass is 200 g/mol. The minimum absolute atomic E-state index is 0.0430. The maximum absolute atomic E-state index is 11.9. The quantitative estimate of drug-likeness (QED) is 0.668. The number of hydrogen-bond acceptors (Lipinski definition) is 2. The van der Waals surface area contributed by atoms with Crippen molar-refractivity contribution < 1.29 is 4.79 Å². The minimum Gasteiger partial charge on any atom is -0.303 e. The van der Waals surface area contributed by atoms with Crippen molar-refractivity contribution in [3.8, 4) is 0 Å². The Hall–Kier alpha value is -1.90. The third-order valence-electron chi connectivity index (χ3n) is 2.43. The van der Waals surface area contributed by atoms with Crippen molar-refractivity contribution in [2.45, 2.75) is 0 Å². The number of para-hydroxylation sites is 1. The fourth-order valence-electron chi connectivity index (χ4n) is 1.79. The first-order valence-electron chi connectivity index (χ1n) is 4.78. The van der Waals surface area contributed by atoms with Gasteiger partial charge >= 0.3 is 0 Å². The first kappa shape index (κ1) is 9.65. The number of hydrogen-bond donors (Lipinski definition) is 0.